The molecule has 1 atom stereocenters. The summed E-state index contributed by atoms with van der Waals surface area (Å²) >= 11 is 0. The lowest BCUT2D eigenvalue weighted by atomic mass is 9.79. The maximum atomic E-state index is 11.0. The molecule has 3 heteroatoms. The molecule has 14 heavy (non-hydrogen) atoms. The number of nitrogens with one attached hydrogen (secondary N) is 1. The Labute approximate surface area is 86.2 Å². The molecule has 0 aromatic carbocycles. The molecule has 1 fully saturated rings. The number of carbonyl (C=O) groups excluding carboxylic acids is 1. The molecule has 0 radical (unpaired) electrons. The molecular formula is C11H21NO2. The SMILES string of the molecule is CC(C)(C)C(C)(C)O[C@H]1CNC(=O)C1. The van der Waals surface area contributed by atoms with Crippen molar-refractivity contribution in [3.63, 3.8) is 0 Å². The van der Waals surface area contributed by atoms with Gasteiger partial charge in [0.05, 0.1) is 18.1 Å². The fourth-order valence-electron chi connectivity index (χ4n) is 1.26. The van der Waals surface area contributed by atoms with Crippen molar-refractivity contribution in [3.05, 3.63) is 0 Å². The van der Waals surface area contributed by atoms with Crippen molar-refractivity contribution in [2.24, 2.45) is 5.41 Å². The Morgan fingerprint density at radius 2 is 1.86 bits per heavy atom. The van der Waals surface area contributed by atoms with Crippen LogP contribution in [0.5, 0.6) is 0 Å². The number of amides is 1. The van der Waals surface area contributed by atoms with Crippen LogP contribution in [0, 0.1) is 5.41 Å². The summed E-state index contributed by atoms with van der Waals surface area (Å²) in [5, 5.41) is 2.78. The van der Waals surface area contributed by atoms with E-state index in [0.29, 0.717) is 13.0 Å². The summed E-state index contributed by atoms with van der Waals surface area (Å²) in [6.45, 7) is 11.3. The van der Waals surface area contributed by atoms with Crippen molar-refractivity contribution in [2.75, 3.05) is 6.54 Å². The standard InChI is InChI=1S/C11H21NO2/c1-10(2,3)11(4,5)14-8-6-9(13)12-7-8/h8H,6-7H2,1-5H3,(H,12,13)/t8-/m1/s1. The molecule has 0 aromatic heterocycles. The molecule has 82 valence electrons. The summed E-state index contributed by atoms with van der Waals surface area (Å²) in [5.74, 6) is 0.0970. The molecule has 1 rings (SSSR count). The molecule has 3 nitrogen and oxygen atoms in total. The van der Waals surface area contributed by atoms with Crippen LogP contribution >= 0.6 is 0 Å². The first-order valence-electron chi connectivity index (χ1n) is 5.17. The number of rotatable bonds is 2. The highest BCUT2D eigenvalue weighted by molar-refractivity contribution is 5.78. The van der Waals surface area contributed by atoms with Crippen LogP contribution in [-0.4, -0.2) is 24.2 Å². The topological polar surface area (TPSA) is 38.3 Å². The Morgan fingerprint density at radius 3 is 2.21 bits per heavy atom. The predicted octanol–water partition coefficient (Wildman–Crippen LogP) is 1.72. The molecule has 1 N–H and O–H groups in total. The third kappa shape index (κ3) is 2.47. The van der Waals surface area contributed by atoms with Gasteiger partial charge in [-0.25, -0.2) is 0 Å². The lowest BCUT2D eigenvalue weighted by molar-refractivity contribution is -0.131. The van der Waals surface area contributed by atoms with E-state index in [0.717, 1.165) is 0 Å². The van der Waals surface area contributed by atoms with Crippen LogP contribution in [0.4, 0.5) is 0 Å². The number of hydrogen-bond donors (Lipinski definition) is 1. The van der Waals surface area contributed by atoms with Gasteiger partial charge >= 0.3 is 0 Å². The second kappa shape index (κ2) is 3.54. The van der Waals surface area contributed by atoms with E-state index >= 15 is 0 Å². The first kappa shape index (κ1) is 11.5. The Morgan fingerprint density at radius 1 is 1.29 bits per heavy atom. The van der Waals surface area contributed by atoms with E-state index in [9.17, 15) is 4.79 Å². The summed E-state index contributed by atoms with van der Waals surface area (Å²) in [6, 6.07) is 0. The van der Waals surface area contributed by atoms with Crippen LogP contribution < -0.4 is 5.32 Å². The molecular weight excluding hydrogens is 178 g/mol. The molecule has 1 heterocycles. The predicted molar refractivity (Wildman–Crippen MR) is 56.0 cm³/mol. The number of ether oxygens (including phenoxy) is 1. The number of carbonyl (C=O) groups is 1. The van der Waals surface area contributed by atoms with Gasteiger partial charge in [-0.05, 0) is 19.3 Å². The first-order valence-corrected chi connectivity index (χ1v) is 5.17. The Kier molecular flexibility index (Phi) is 2.91. The third-order valence-corrected chi connectivity index (χ3v) is 3.21. The molecule has 1 aliphatic heterocycles. The van der Waals surface area contributed by atoms with Gasteiger partial charge in [-0.2, -0.15) is 0 Å². The lowest BCUT2D eigenvalue weighted by Gasteiger charge is -2.40. The van der Waals surface area contributed by atoms with Gasteiger partial charge < -0.3 is 10.1 Å². The van der Waals surface area contributed by atoms with Crippen molar-refractivity contribution in [1.82, 2.24) is 5.32 Å². The lowest BCUT2D eigenvalue weighted by Crippen LogP contribution is -2.43. The second-order valence-electron chi connectivity index (χ2n) is 5.51. The monoisotopic (exact) mass is 199 g/mol. The van der Waals surface area contributed by atoms with E-state index in [1.165, 1.54) is 0 Å². The van der Waals surface area contributed by atoms with E-state index in [2.05, 4.69) is 39.9 Å². The molecule has 0 bridgehead atoms. The maximum Gasteiger partial charge on any atom is 0.222 e. The zero-order chi connectivity index (χ0) is 11.0. The van der Waals surface area contributed by atoms with E-state index in [1.807, 2.05) is 0 Å². The Bertz CT molecular complexity index is 228. The minimum Gasteiger partial charge on any atom is -0.369 e. The Hall–Kier alpha value is -0.570. The molecule has 0 aliphatic carbocycles. The van der Waals surface area contributed by atoms with Gasteiger partial charge in [0.1, 0.15) is 0 Å². The largest absolute Gasteiger partial charge is 0.369 e. The van der Waals surface area contributed by atoms with Crippen LogP contribution in [0.25, 0.3) is 0 Å². The zero-order valence-corrected chi connectivity index (χ0v) is 9.81. The van der Waals surface area contributed by atoms with Gasteiger partial charge in [-0.1, -0.05) is 20.8 Å². The van der Waals surface area contributed by atoms with Gasteiger partial charge in [-0.3, -0.25) is 4.79 Å². The van der Waals surface area contributed by atoms with E-state index in [4.69, 9.17) is 4.74 Å². The molecule has 1 saturated heterocycles. The van der Waals surface area contributed by atoms with Gasteiger partial charge in [0.25, 0.3) is 0 Å². The molecule has 0 spiro atoms. The van der Waals surface area contributed by atoms with Crippen molar-refractivity contribution in [2.45, 2.75) is 52.7 Å². The van der Waals surface area contributed by atoms with E-state index < -0.39 is 0 Å². The number of hydrogen-bond acceptors (Lipinski definition) is 2. The molecule has 0 saturated carbocycles. The second-order valence-corrected chi connectivity index (χ2v) is 5.51. The van der Waals surface area contributed by atoms with E-state index in [-0.39, 0.29) is 23.0 Å². The highest BCUT2D eigenvalue weighted by atomic mass is 16.5. The summed E-state index contributed by atoms with van der Waals surface area (Å²) in [6.07, 6.45) is 0.538. The van der Waals surface area contributed by atoms with Crippen molar-refractivity contribution >= 4 is 5.91 Å². The quantitative estimate of drug-likeness (QED) is 0.735. The van der Waals surface area contributed by atoms with Gasteiger partial charge in [0, 0.05) is 6.54 Å². The Balaban J connectivity index is 2.55. The van der Waals surface area contributed by atoms with Crippen LogP contribution in [0.2, 0.25) is 0 Å². The average Bonchev–Trinajstić information content (AvgIpc) is 2.31. The van der Waals surface area contributed by atoms with Crippen LogP contribution in [0.1, 0.15) is 41.0 Å². The minimum absolute atomic E-state index is 0.0386. The van der Waals surface area contributed by atoms with Crippen molar-refractivity contribution in [1.29, 1.82) is 0 Å². The van der Waals surface area contributed by atoms with Crippen molar-refractivity contribution < 1.29 is 9.53 Å². The van der Waals surface area contributed by atoms with Crippen LogP contribution in [0.3, 0.4) is 0 Å². The van der Waals surface area contributed by atoms with Crippen LogP contribution in [0.15, 0.2) is 0 Å². The van der Waals surface area contributed by atoms with E-state index in [1.54, 1.807) is 0 Å². The molecule has 1 aliphatic rings. The van der Waals surface area contributed by atoms with Gasteiger partial charge in [0.2, 0.25) is 5.91 Å². The zero-order valence-electron chi connectivity index (χ0n) is 9.81. The summed E-state index contributed by atoms with van der Waals surface area (Å²) in [4.78, 5) is 11.0. The van der Waals surface area contributed by atoms with Crippen LogP contribution in [-0.2, 0) is 9.53 Å². The summed E-state index contributed by atoms with van der Waals surface area (Å²) < 4.78 is 5.95. The summed E-state index contributed by atoms with van der Waals surface area (Å²) in [5.41, 5.74) is -0.122. The highest BCUT2D eigenvalue weighted by Crippen LogP contribution is 2.34. The van der Waals surface area contributed by atoms with Gasteiger partial charge in [0.15, 0.2) is 0 Å². The fraction of sp³-hybridized carbons (Fsp3) is 0.909. The average molecular weight is 199 g/mol. The third-order valence-electron chi connectivity index (χ3n) is 3.21. The summed E-state index contributed by atoms with van der Waals surface area (Å²) in [7, 11) is 0. The molecule has 0 unspecified atom stereocenters. The molecule has 1 amide bonds. The maximum absolute atomic E-state index is 11.0. The van der Waals surface area contributed by atoms with Gasteiger partial charge in [-0.15, -0.1) is 0 Å². The van der Waals surface area contributed by atoms with Crippen molar-refractivity contribution in [3.8, 4) is 0 Å². The minimum atomic E-state index is -0.204. The smallest absolute Gasteiger partial charge is 0.222 e. The fourth-order valence-corrected chi connectivity index (χ4v) is 1.26. The normalized spacial score (nSPS) is 23.8. The first-order chi connectivity index (χ1) is 6.22. The highest BCUT2D eigenvalue weighted by Gasteiger charge is 2.37. The molecule has 0 aromatic rings.